The summed E-state index contributed by atoms with van der Waals surface area (Å²) in [7, 11) is -2.03. The lowest BCUT2D eigenvalue weighted by Crippen LogP contribution is -2.49. The van der Waals surface area contributed by atoms with Gasteiger partial charge >= 0.3 is 0 Å². The molecule has 0 bridgehead atoms. The molecule has 0 saturated carbocycles. The van der Waals surface area contributed by atoms with Crippen molar-refractivity contribution in [2.45, 2.75) is 43.7 Å². The second-order valence-corrected chi connectivity index (χ2v) is 10.4. The molecule has 2 N–H and O–H groups in total. The summed E-state index contributed by atoms with van der Waals surface area (Å²) in [6.45, 7) is 2.14. The largest absolute Gasteiger partial charge is 0.357 e. The van der Waals surface area contributed by atoms with E-state index in [0.29, 0.717) is 18.4 Å². The molecule has 0 spiro atoms. The van der Waals surface area contributed by atoms with E-state index in [0.717, 1.165) is 11.1 Å². The number of amides is 2. The van der Waals surface area contributed by atoms with Crippen LogP contribution in [0.5, 0.6) is 0 Å². The number of nitrogens with zero attached hydrogens (tertiary/aromatic N) is 1. The zero-order valence-corrected chi connectivity index (χ0v) is 21.8. The van der Waals surface area contributed by atoms with Crippen molar-refractivity contribution in [3.05, 3.63) is 101 Å². The van der Waals surface area contributed by atoms with Gasteiger partial charge in [-0.2, -0.15) is 0 Å². The topological polar surface area (TPSA) is 95.6 Å². The average molecular weight is 526 g/mol. The highest BCUT2D eigenvalue weighted by Crippen LogP contribution is 2.18. The number of carbonyl (C=O) groups excluding carboxylic acids is 2. The molecule has 37 heavy (non-hydrogen) atoms. The molecule has 0 aromatic heterocycles. The first-order valence-corrected chi connectivity index (χ1v) is 13.6. The van der Waals surface area contributed by atoms with Gasteiger partial charge in [-0.05, 0) is 47.4 Å². The van der Waals surface area contributed by atoms with Gasteiger partial charge in [0.15, 0.2) is 0 Å². The Labute approximate surface area is 217 Å². The fourth-order valence-electron chi connectivity index (χ4n) is 4.01. The lowest BCUT2D eigenvalue weighted by atomic mass is 10.0. The maximum atomic E-state index is 13.5. The fourth-order valence-corrected chi connectivity index (χ4v) is 5.05. The Morgan fingerprint density at radius 1 is 0.892 bits per heavy atom. The molecular formula is C28H32FN3O4S. The predicted octanol–water partition coefficient (Wildman–Crippen LogP) is 3.44. The predicted molar refractivity (Wildman–Crippen MR) is 141 cm³/mol. The first-order chi connectivity index (χ1) is 17.7. The first kappa shape index (κ1) is 28.0. The molecule has 0 unspecified atom stereocenters. The van der Waals surface area contributed by atoms with Crippen LogP contribution >= 0.6 is 0 Å². The quantitative estimate of drug-likeness (QED) is 0.379. The van der Waals surface area contributed by atoms with Crippen LogP contribution in [0, 0.1) is 5.82 Å². The maximum absolute atomic E-state index is 13.5. The molecule has 0 radical (unpaired) electrons. The Hall–Kier alpha value is -3.56. The minimum Gasteiger partial charge on any atom is -0.357 e. The molecule has 2 amide bonds. The number of rotatable bonds is 12. The van der Waals surface area contributed by atoms with Gasteiger partial charge in [-0.15, -0.1) is 0 Å². The number of aryl methyl sites for hydroxylation is 1. The summed E-state index contributed by atoms with van der Waals surface area (Å²) in [4.78, 5) is 28.1. The molecule has 9 heteroatoms. The zero-order valence-electron chi connectivity index (χ0n) is 21.0. The van der Waals surface area contributed by atoms with E-state index in [-0.39, 0.29) is 42.0 Å². The van der Waals surface area contributed by atoms with Crippen LogP contribution in [0.3, 0.4) is 0 Å². The Bertz CT molecular complexity index is 1280. The third-order valence-corrected chi connectivity index (χ3v) is 7.54. The molecule has 1 atom stereocenters. The summed E-state index contributed by atoms with van der Waals surface area (Å²) in [6.07, 6.45) is 0.805. The molecule has 196 valence electrons. The Morgan fingerprint density at radius 2 is 1.51 bits per heavy atom. The average Bonchev–Trinajstić information content (AvgIpc) is 2.90. The Balaban J connectivity index is 1.82. The van der Waals surface area contributed by atoms with Gasteiger partial charge in [0.1, 0.15) is 11.9 Å². The molecule has 3 aromatic rings. The van der Waals surface area contributed by atoms with Crippen LogP contribution < -0.4 is 10.0 Å². The lowest BCUT2D eigenvalue weighted by Gasteiger charge is -2.31. The maximum Gasteiger partial charge on any atom is 0.242 e. The van der Waals surface area contributed by atoms with Crippen molar-refractivity contribution in [3.63, 3.8) is 0 Å². The van der Waals surface area contributed by atoms with Crippen molar-refractivity contribution >= 4 is 21.8 Å². The van der Waals surface area contributed by atoms with Crippen molar-refractivity contribution in [1.82, 2.24) is 14.9 Å². The lowest BCUT2D eigenvalue weighted by molar-refractivity contribution is -0.141. The molecule has 7 nitrogen and oxygen atoms in total. The highest BCUT2D eigenvalue weighted by Gasteiger charge is 2.29. The number of halogens is 1. The van der Waals surface area contributed by atoms with E-state index in [4.69, 9.17) is 0 Å². The van der Waals surface area contributed by atoms with Crippen LogP contribution in [0.1, 0.15) is 30.0 Å². The molecule has 3 rings (SSSR count). The van der Waals surface area contributed by atoms with Crippen LogP contribution in [-0.2, 0) is 39.0 Å². The van der Waals surface area contributed by atoms with Gasteiger partial charge in [-0.3, -0.25) is 9.59 Å². The number of hydrogen-bond donors (Lipinski definition) is 2. The molecule has 0 aliphatic heterocycles. The van der Waals surface area contributed by atoms with Gasteiger partial charge in [0.25, 0.3) is 0 Å². The monoisotopic (exact) mass is 525 g/mol. The van der Waals surface area contributed by atoms with Crippen molar-refractivity contribution < 1.29 is 22.4 Å². The van der Waals surface area contributed by atoms with E-state index >= 15 is 0 Å². The van der Waals surface area contributed by atoms with E-state index in [2.05, 4.69) is 10.0 Å². The van der Waals surface area contributed by atoms with Crippen LogP contribution in [0.25, 0.3) is 0 Å². The number of benzene rings is 3. The van der Waals surface area contributed by atoms with E-state index in [1.54, 1.807) is 31.2 Å². The van der Waals surface area contributed by atoms with Crippen molar-refractivity contribution in [2.24, 2.45) is 0 Å². The second kappa shape index (κ2) is 13.1. The summed E-state index contributed by atoms with van der Waals surface area (Å²) >= 11 is 0. The van der Waals surface area contributed by atoms with E-state index < -0.39 is 16.1 Å². The summed E-state index contributed by atoms with van der Waals surface area (Å²) in [6, 6.07) is 20.9. The van der Waals surface area contributed by atoms with Crippen LogP contribution in [0.4, 0.5) is 4.39 Å². The summed E-state index contributed by atoms with van der Waals surface area (Å²) in [5.74, 6) is -0.913. The van der Waals surface area contributed by atoms with Crippen LogP contribution in [-0.4, -0.2) is 44.8 Å². The van der Waals surface area contributed by atoms with Crippen LogP contribution in [0.15, 0.2) is 83.8 Å². The van der Waals surface area contributed by atoms with E-state index in [9.17, 15) is 22.4 Å². The third kappa shape index (κ3) is 7.96. The second-order valence-electron chi connectivity index (χ2n) is 8.61. The number of sulfonamides is 1. The highest BCUT2D eigenvalue weighted by molar-refractivity contribution is 7.89. The molecule has 0 saturated heterocycles. The summed E-state index contributed by atoms with van der Waals surface area (Å²) < 4.78 is 40.3. The smallest absolute Gasteiger partial charge is 0.242 e. The fraction of sp³-hybridized carbons (Fsp3) is 0.286. The number of hydrogen-bond acceptors (Lipinski definition) is 4. The van der Waals surface area contributed by atoms with Crippen molar-refractivity contribution in [1.29, 1.82) is 0 Å². The van der Waals surface area contributed by atoms with E-state index in [1.165, 1.54) is 36.2 Å². The number of likely N-dealkylation sites (N-methyl/N-ethyl adjacent to an activating group) is 1. The van der Waals surface area contributed by atoms with Gasteiger partial charge < -0.3 is 10.2 Å². The van der Waals surface area contributed by atoms with Gasteiger partial charge in [0.05, 0.1) is 4.90 Å². The molecule has 0 fully saturated rings. The summed E-state index contributed by atoms with van der Waals surface area (Å²) in [5, 5.41) is 2.66. The molecular weight excluding hydrogens is 493 g/mol. The zero-order chi connectivity index (χ0) is 26.8. The van der Waals surface area contributed by atoms with Gasteiger partial charge in [-0.1, -0.05) is 61.5 Å². The van der Waals surface area contributed by atoms with Crippen molar-refractivity contribution in [3.8, 4) is 0 Å². The van der Waals surface area contributed by atoms with Crippen molar-refractivity contribution in [2.75, 3.05) is 13.6 Å². The first-order valence-electron chi connectivity index (χ1n) is 12.1. The third-order valence-electron chi connectivity index (χ3n) is 5.98. The van der Waals surface area contributed by atoms with Gasteiger partial charge in [0.2, 0.25) is 21.8 Å². The standard InChI is InChI=1S/C28H32FN3O4S/c1-3-31-37(35,36)25-16-11-21(12-17-25)13-18-27(33)32(20-23-9-14-24(29)15-10-23)26(28(34)30-2)19-22-7-5-4-6-8-22/h4-12,14-17,26,31H,3,13,18-20H2,1-2H3,(H,30,34)/t26-/m0/s1. The Kier molecular flexibility index (Phi) is 9.93. The molecule has 3 aromatic carbocycles. The van der Waals surface area contributed by atoms with Gasteiger partial charge in [-0.25, -0.2) is 17.5 Å². The highest BCUT2D eigenvalue weighted by atomic mass is 32.2. The SMILES string of the molecule is CCNS(=O)(=O)c1ccc(CCC(=O)N(Cc2ccc(F)cc2)[C@@H](Cc2ccccc2)C(=O)NC)cc1. The minimum atomic E-state index is -3.56. The number of nitrogens with one attached hydrogen (secondary N) is 2. The number of carbonyl (C=O) groups is 2. The van der Waals surface area contributed by atoms with Gasteiger partial charge in [0, 0.05) is 33.0 Å². The molecule has 0 aliphatic carbocycles. The normalized spacial score (nSPS) is 12.1. The van der Waals surface area contributed by atoms with E-state index in [1.807, 2.05) is 30.3 Å². The Morgan fingerprint density at radius 3 is 2.11 bits per heavy atom. The van der Waals surface area contributed by atoms with Crippen LogP contribution in [0.2, 0.25) is 0 Å². The molecule has 0 heterocycles. The minimum absolute atomic E-state index is 0.114. The molecule has 0 aliphatic rings. The summed E-state index contributed by atoms with van der Waals surface area (Å²) in [5.41, 5.74) is 2.41.